The van der Waals surface area contributed by atoms with Crippen LogP contribution in [0.15, 0.2) is 11.6 Å². The van der Waals surface area contributed by atoms with Crippen molar-refractivity contribution < 1.29 is 38.8 Å². The Balaban J connectivity index is 1.74. The zero-order chi connectivity index (χ0) is 31.4. The predicted octanol–water partition coefficient (Wildman–Crippen LogP) is 5.37. The number of carbonyl (C=O) groups excluding carboxylic acids is 3. The van der Waals surface area contributed by atoms with Crippen molar-refractivity contribution >= 4 is 17.9 Å². The van der Waals surface area contributed by atoms with Crippen molar-refractivity contribution in [1.29, 1.82) is 0 Å². The zero-order valence-electron chi connectivity index (χ0n) is 27.1. The van der Waals surface area contributed by atoms with E-state index in [1.807, 2.05) is 13.0 Å². The average molecular weight is 591 g/mol. The fraction of sp³-hybridized carbons (Fsp3) is 0.853. The van der Waals surface area contributed by atoms with Crippen LogP contribution >= 0.6 is 0 Å². The molecule has 42 heavy (non-hydrogen) atoms. The van der Waals surface area contributed by atoms with E-state index in [2.05, 4.69) is 34.6 Å². The number of ether oxygens (including phenoxy) is 3. The van der Waals surface area contributed by atoms with Gasteiger partial charge in [0.05, 0.1) is 11.7 Å². The highest BCUT2D eigenvalue weighted by molar-refractivity contribution is 5.68. The molecule has 0 radical (unpaired) electrons. The largest absolute Gasteiger partial charge is 0.459 e. The molecule has 0 amide bonds. The molecular weight excluding hydrogens is 536 g/mol. The van der Waals surface area contributed by atoms with Gasteiger partial charge in [0.1, 0.15) is 18.3 Å². The van der Waals surface area contributed by atoms with Crippen LogP contribution in [0, 0.1) is 46.3 Å². The van der Waals surface area contributed by atoms with E-state index in [0.29, 0.717) is 37.0 Å². The van der Waals surface area contributed by atoms with Crippen molar-refractivity contribution in [3.8, 4) is 0 Å². The maximum absolute atomic E-state index is 12.8. The first-order valence-electron chi connectivity index (χ1n) is 16.1. The van der Waals surface area contributed by atoms with E-state index in [1.54, 1.807) is 0 Å². The van der Waals surface area contributed by atoms with Crippen molar-refractivity contribution in [3.63, 3.8) is 0 Å². The highest BCUT2D eigenvalue weighted by Gasteiger charge is 2.69. The summed E-state index contributed by atoms with van der Waals surface area (Å²) < 4.78 is 17.4. The quantitative estimate of drug-likeness (QED) is 0.220. The number of fused-ring (bicyclic) bond motifs is 5. The van der Waals surface area contributed by atoms with E-state index >= 15 is 0 Å². The minimum atomic E-state index is -1.19. The number of aliphatic hydroxyl groups excluding tert-OH is 1. The Bertz CT molecular complexity index is 1080. The van der Waals surface area contributed by atoms with Crippen LogP contribution in [0.3, 0.4) is 0 Å². The van der Waals surface area contributed by atoms with Crippen molar-refractivity contribution in [3.05, 3.63) is 11.6 Å². The second-order valence-corrected chi connectivity index (χ2v) is 14.9. The van der Waals surface area contributed by atoms with Crippen LogP contribution < -0.4 is 0 Å². The lowest BCUT2D eigenvalue weighted by Gasteiger charge is -2.64. The van der Waals surface area contributed by atoms with Crippen LogP contribution in [0.4, 0.5) is 0 Å². The molecule has 2 N–H and O–H groups in total. The van der Waals surface area contributed by atoms with Crippen molar-refractivity contribution in [1.82, 2.24) is 0 Å². The molecule has 0 aromatic rings. The predicted molar refractivity (Wildman–Crippen MR) is 158 cm³/mol. The molecule has 0 aromatic heterocycles. The summed E-state index contributed by atoms with van der Waals surface area (Å²) in [6.07, 6.45) is 4.16. The SMILES string of the molecule is CC(=O)O[C@@H]1[C@@H]2[C@@H](OC(C)=O)C=C3[C@@H]4CC[C@H]([C@H](C)[C@H](O)CC(C)C(C)C)[C@@]4(C)CC[C@]3(O)[C@@]2(C)CC[C@@H]1OC(C)=O. The highest BCUT2D eigenvalue weighted by Crippen LogP contribution is 2.69. The summed E-state index contributed by atoms with van der Waals surface area (Å²) in [5.41, 5.74) is -1.17. The Hall–Kier alpha value is -1.93. The van der Waals surface area contributed by atoms with Crippen LogP contribution in [0.2, 0.25) is 0 Å². The molecule has 0 spiro atoms. The molecule has 8 heteroatoms. The third-order valence-corrected chi connectivity index (χ3v) is 12.2. The van der Waals surface area contributed by atoms with Gasteiger partial charge in [-0.2, -0.15) is 0 Å². The summed E-state index contributed by atoms with van der Waals surface area (Å²) in [6, 6.07) is 0. The lowest BCUT2D eigenvalue weighted by atomic mass is 9.44. The molecule has 0 bridgehead atoms. The van der Waals surface area contributed by atoms with E-state index in [4.69, 9.17) is 14.2 Å². The topological polar surface area (TPSA) is 119 Å². The summed E-state index contributed by atoms with van der Waals surface area (Å²) in [5.74, 6) is -0.596. The molecule has 0 aromatic carbocycles. The van der Waals surface area contributed by atoms with Crippen LogP contribution in [-0.4, -0.2) is 58.1 Å². The van der Waals surface area contributed by atoms with Gasteiger partial charge in [0.2, 0.25) is 0 Å². The fourth-order valence-electron chi connectivity index (χ4n) is 9.54. The molecule has 0 aliphatic heterocycles. The summed E-state index contributed by atoms with van der Waals surface area (Å²) >= 11 is 0. The van der Waals surface area contributed by atoms with E-state index in [0.717, 1.165) is 31.3 Å². The molecule has 8 nitrogen and oxygen atoms in total. The van der Waals surface area contributed by atoms with Gasteiger partial charge in [0.15, 0.2) is 0 Å². The normalized spacial score (nSPS) is 41.4. The smallest absolute Gasteiger partial charge is 0.303 e. The van der Waals surface area contributed by atoms with Crippen LogP contribution in [0.1, 0.15) is 107 Å². The summed E-state index contributed by atoms with van der Waals surface area (Å²) in [4.78, 5) is 36.7. The molecule has 4 aliphatic carbocycles. The van der Waals surface area contributed by atoms with Gasteiger partial charge in [-0.05, 0) is 91.6 Å². The lowest BCUT2D eigenvalue weighted by Crippen LogP contribution is -2.68. The zero-order valence-corrected chi connectivity index (χ0v) is 27.1. The Labute approximate surface area is 251 Å². The highest BCUT2D eigenvalue weighted by atomic mass is 16.6. The number of rotatable bonds is 8. The van der Waals surface area contributed by atoms with E-state index < -0.39 is 53.2 Å². The summed E-state index contributed by atoms with van der Waals surface area (Å²) in [5, 5.41) is 24.1. The van der Waals surface area contributed by atoms with Crippen molar-refractivity contribution in [2.45, 2.75) is 137 Å². The van der Waals surface area contributed by atoms with Gasteiger partial charge in [0, 0.05) is 32.1 Å². The van der Waals surface area contributed by atoms with Gasteiger partial charge >= 0.3 is 17.9 Å². The average Bonchev–Trinajstić information content (AvgIpc) is 3.22. The van der Waals surface area contributed by atoms with Gasteiger partial charge in [-0.1, -0.05) is 41.5 Å². The van der Waals surface area contributed by atoms with Crippen molar-refractivity contribution in [2.75, 3.05) is 0 Å². The van der Waals surface area contributed by atoms with E-state index in [9.17, 15) is 24.6 Å². The third-order valence-electron chi connectivity index (χ3n) is 12.2. The van der Waals surface area contributed by atoms with Crippen LogP contribution in [0.25, 0.3) is 0 Å². The summed E-state index contributed by atoms with van der Waals surface area (Å²) in [6.45, 7) is 17.1. The van der Waals surface area contributed by atoms with Gasteiger partial charge in [-0.3, -0.25) is 14.4 Å². The number of hydrogen-bond donors (Lipinski definition) is 2. The van der Waals surface area contributed by atoms with Gasteiger partial charge < -0.3 is 24.4 Å². The van der Waals surface area contributed by atoms with Gasteiger partial charge in [-0.25, -0.2) is 0 Å². The fourth-order valence-corrected chi connectivity index (χ4v) is 9.54. The molecule has 0 saturated heterocycles. The second kappa shape index (κ2) is 11.9. The molecular formula is C34H54O8. The molecule has 4 aliphatic rings. The lowest BCUT2D eigenvalue weighted by molar-refractivity contribution is -0.231. The number of carbonyl (C=O) groups is 3. The standard InChI is InChI=1S/C34H54O8/c1-18(2)19(3)16-27(38)20(4)24-10-11-25-26-17-29(41-22(6)36)30-31(42-23(7)37)28(40-21(5)35)12-13-33(30,9)34(26,39)15-14-32(24,25)8/h17-20,24-25,27-31,38-39H,10-16H2,1-9H3/t19?,20-,24+,25-,27+,28-,29-,30-,31-,32+,33-,34+/m0/s1. The number of esters is 3. The number of hydrogen-bond acceptors (Lipinski definition) is 8. The van der Waals surface area contributed by atoms with Crippen LogP contribution in [0.5, 0.6) is 0 Å². The monoisotopic (exact) mass is 590 g/mol. The Morgan fingerprint density at radius 3 is 2.10 bits per heavy atom. The van der Waals surface area contributed by atoms with Crippen LogP contribution in [-0.2, 0) is 28.6 Å². The van der Waals surface area contributed by atoms with E-state index in [-0.39, 0.29) is 23.4 Å². The molecule has 0 heterocycles. The van der Waals surface area contributed by atoms with Gasteiger partial charge in [-0.15, -0.1) is 0 Å². The minimum absolute atomic E-state index is 0.0765. The van der Waals surface area contributed by atoms with Crippen molar-refractivity contribution in [2.24, 2.45) is 46.3 Å². The molecule has 3 fully saturated rings. The molecule has 4 rings (SSSR count). The third kappa shape index (κ3) is 5.55. The van der Waals surface area contributed by atoms with Gasteiger partial charge in [0.25, 0.3) is 0 Å². The summed E-state index contributed by atoms with van der Waals surface area (Å²) in [7, 11) is 0. The Morgan fingerprint density at radius 1 is 0.905 bits per heavy atom. The molecule has 1 unspecified atom stereocenters. The first kappa shape index (κ1) is 33.0. The second-order valence-electron chi connectivity index (χ2n) is 14.9. The van der Waals surface area contributed by atoms with E-state index in [1.165, 1.54) is 20.8 Å². The molecule has 238 valence electrons. The number of aliphatic hydroxyl groups is 2. The molecule has 12 atom stereocenters. The maximum atomic E-state index is 12.8. The maximum Gasteiger partial charge on any atom is 0.303 e. The first-order valence-corrected chi connectivity index (χ1v) is 16.1. The molecule has 3 saturated carbocycles. The minimum Gasteiger partial charge on any atom is -0.459 e. The Morgan fingerprint density at radius 2 is 1.52 bits per heavy atom. The first-order chi connectivity index (χ1) is 19.5. The Kier molecular flexibility index (Phi) is 9.32.